The fourth-order valence-corrected chi connectivity index (χ4v) is 2.07. The molecule has 1 N–H and O–H groups in total. The van der Waals surface area contributed by atoms with Crippen LogP contribution in [-0.4, -0.2) is 11.1 Å². The van der Waals surface area contributed by atoms with Crippen molar-refractivity contribution in [2.75, 3.05) is 0 Å². The smallest absolute Gasteiger partial charge is 0.328 e. The van der Waals surface area contributed by atoms with Crippen LogP contribution in [0.2, 0.25) is 0 Å². The van der Waals surface area contributed by atoms with Crippen LogP contribution in [0.25, 0.3) is 6.08 Å². The van der Waals surface area contributed by atoms with Gasteiger partial charge in [0.25, 0.3) is 0 Å². The van der Waals surface area contributed by atoms with E-state index in [4.69, 9.17) is 5.11 Å². The second-order valence-corrected chi connectivity index (χ2v) is 4.93. The van der Waals surface area contributed by atoms with Gasteiger partial charge in [-0.25, -0.2) is 4.79 Å². The summed E-state index contributed by atoms with van der Waals surface area (Å²) < 4.78 is 0. The van der Waals surface area contributed by atoms with E-state index in [1.165, 1.54) is 50.2 Å². The van der Waals surface area contributed by atoms with Crippen molar-refractivity contribution in [3.8, 4) is 0 Å². The number of unbranched alkanes of at least 4 members (excludes halogenated alkanes) is 5. The molecule has 0 bridgehead atoms. The third-order valence-electron chi connectivity index (χ3n) is 3.22. The zero-order valence-corrected chi connectivity index (χ0v) is 13.0. The number of halogens is 1. The molecule has 0 heterocycles. The summed E-state index contributed by atoms with van der Waals surface area (Å²) in [6, 6.07) is 8.14. The number of hydrogen-bond acceptors (Lipinski definition) is 1. The van der Waals surface area contributed by atoms with Crippen LogP contribution >= 0.6 is 12.4 Å². The highest BCUT2D eigenvalue weighted by Gasteiger charge is 1.95. The number of aryl methyl sites for hydroxylation is 1. The van der Waals surface area contributed by atoms with E-state index in [-0.39, 0.29) is 12.4 Å². The highest BCUT2D eigenvalue weighted by atomic mass is 35.5. The molecule has 0 atom stereocenters. The number of benzene rings is 1. The molecule has 0 unspecified atom stereocenters. The Kier molecular flexibility index (Phi) is 10.8. The second kappa shape index (κ2) is 11.5. The van der Waals surface area contributed by atoms with Gasteiger partial charge in [-0.3, -0.25) is 0 Å². The molecule has 0 radical (unpaired) electrons. The maximum absolute atomic E-state index is 10.4. The highest BCUT2D eigenvalue weighted by molar-refractivity contribution is 5.85. The van der Waals surface area contributed by atoms with E-state index in [9.17, 15) is 4.79 Å². The molecule has 0 aliphatic carbocycles. The predicted molar refractivity (Wildman–Crippen MR) is 87.4 cm³/mol. The number of carboxylic acids is 1. The van der Waals surface area contributed by atoms with Crippen molar-refractivity contribution in [2.24, 2.45) is 0 Å². The van der Waals surface area contributed by atoms with Gasteiger partial charge in [-0.15, -0.1) is 12.4 Å². The van der Waals surface area contributed by atoms with Gasteiger partial charge in [0.05, 0.1) is 0 Å². The standard InChI is InChI=1S/C17H24O2.ClH/c1-2-3-4-5-6-7-8-15-9-11-16(12-10-15)13-14-17(18)19;/h9-14H,2-8H2,1H3,(H,18,19);1H. The van der Waals surface area contributed by atoms with Crippen LogP contribution < -0.4 is 0 Å². The average molecular weight is 297 g/mol. The number of rotatable bonds is 9. The van der Waals surface area contributed by atoms with Crippen LogP contribution in [0.3, 0.4) is 0 Å². The van der Waals surface area contributed by atoms with Gasteiger partial charge in [0.2, 0.25) is 0 Å². The van der Waals surface area contributed by atoms with E-state index < -0.39 is 5.97 Å². The van der Waals surface area contributed by atoms with E-state index in [0.29, 0.717) is 0 Å². The molecular formula is C17H25ClO2. The normalized spacial score (nSPS) is 10.4. The molecule has 0 amide bonds. The van der Waals surface area contributed by atoms with E-state index in [1.54, 1.807) is 6.08 Å². The molecule has 0 spiro atoms. The van der Waals surface area contributed by atoms with E-state index in [1.807, 2.05) is 12.1 Å². The van der Waals surface area contributed by atoms with Crippen LogP contribution in [0, 0.1) is 0 Å². The van der Waals surface area contributed by atoms with Crippen molar-refractivity contribution >= 4 is 24.5 Å². The zero-order chi connectivity index (χ0) is 13.9. The van der Waals surface area contributed by atoms with Crippen LogP contribution in [0.1, 0.15) is 56.6 Å². The molecule has 0 saturated heterocycles. The van der Waals surface area contributed by atoms with Crippen molar-refractivity contribution < 1.29 is 9.90 Å². The van der Waals surface area contributed by atoms with Gasteiger partial charge in [-0.2, -0.15) is 0 Å². The van der Waals surface area contributed by atoms with Gasteiger partial charge in [0, 0.05) is 6.08 Å². The number of carboxylic acid groups (broad SMARTS) is 1. The Hall–Kier alpha value is -1.28. The largest absolute Gasteiger partial charge is 0.478 e. The summed E-state index contributed by atoms with van der Waals surface area (Å²) >= 11 is 0. The SMILES string of the molecule is CCCCCCCCc1ccc(C=CC(=O)O)cc1.Cl. The van der Waals surface area contributed by atoms with Crippen molar-refractivity contribution in [3.63, 3.8) is 0 Å². The van der Waals surface area contributed by atoms with Gasteiger partial charge < -0.3 is 5.11 Å². The highest BCUT2D eigenvalue weighted by Crippen LogP contribution is 2.11. The van der Waals surface area contributed by atoms with Crippen molar-refractivity contribution in [3.05, 3.63) is 41.5 Å². The summed E-state index contributed by atoms with van der Waals surface area (Å²) in [6.45, 7) is 2.24. The molecule has 112 valence electrons. The third kappa shape index (κ3) is 8.76. The van der Waals surface area contributed by atoms with Gasteiger partial charge >= 0.3 is 5.97 Å². The second-order valence-electron chi connectivity index (χ2n) is 4.93. The average Bonchev–Trinajstić information content (AvgIpc) is 2.41. The van der Waals surface area contributed by atoms with E-state index >= 15 is 0 Å². The molecule has 1 rings (SSSR count). The van der Waals surface area contributed by atoms with Crippen molar-refractivity contribution in [1.29, 1.82) is 0 Å². The molecule has 3 heteroatoms. The zero-order valence-electron chi connectivity index (χ0n) is 12.2. The lowest BCUT2D eigenvalue weighted by atomic mass is 10.0. The van der Waals surface area contributed by atoms with E-state index in [2.05, 4.69) is 19.1 Å². The molecular weight excluding hydrogens is 272 g/mol. The quantitative estimate of drug-likeness (QED) is 0.508. The molecule has 0 aliphatic rings. The van der Waals surface area contributed by atoms with E-state index in [0.717, 1.165) is 12.0 Å². The third-order valence-corrected chi connectivity index (χ3v) is 3.22. The van der Waals surface area contributed by atoms with Crippen LogP contribution in [-0.2, 0) is 11.2 Å². The van der Waals surface area contributed by atoms with Gasteiger partial charge in [-0.1, -0.05) is 63.3 Å². The first-order chi connectivity index (χ1) is 9.22. The summed E-state index contributed by atoms with van der Waals surface area (Å²) in [7, 11) is 0. The first kappa shape index (κ1) is 18.7. The number of carbonyl (C=O) groups is 1. The monoisotopic (exact) mass is 296 g/mol. The lowest BCUT2D eigenvalue weighted by molar-refractivity contribution is -0.131. The predicted octanol–water partition coefficient (Wildman–Crippen LogP) is 5.11. The minimum absolute atomic E-state index is 0. The molecule has 0 fully saturated rings. The Morgan fingerprint density at radius 3 is 2.25 bits per heavy atom. The van der Waals surface area contributed by atoms with Gasteiger partial charge in [-0.05, 0) is 30.0 Å². The van der Waals surface area contributed by atoms with Crippen molar-refractivity contribution in [1.82, 2.24) is 0 Å². The molecule has 20 heavy (non-hydrogen) atoms. The Labute approximate surface area is 128 Å². The first-order valence-electron chi connectivity index (χ1n) is 7.22. The summed E-state index contributed by atoms with van der Waals surface area (Å²) in [5, 5.41) is 8.55. The minimum Gasteiger partial charge on any atom is -0.478 e. The molecule has 0 aromatic heterocycles. The molecule has 2 nitrogen and oxygen atoms in total. The Balaban J connectivity index is 0.00000361. The lowest BCUT2D eigenvalue weighted by Crippen LogP contribution is -1.88. The fraction of sp³-hybridized carbons (Fsp3) is 0.471. The Morgan fingerprint density at radius 2 is 1.65 bits per heavy atom. The molecule has 1 aromatic carbocycles. The summed E-state index contributed by atoms with van der Waals surface area (Å²) in [5.41, 5.74) is 2.28. The minimum atomic E-state index is -0.906. The van der Waals surface area contributed by atoms with Crippen LogP contribution in [0.5, 0.6) is 0 Å². The molecule has 0 aliphatic heterocycles. The molecule has 1 aromatic rings. The van der Waals surface area contributed by atoms with Crippen molar-refractivity contribution in [2.45, 2.75) is 51.9 Å². The topological polar surface area (TPSA) is 37.3 Å². The number of aliphatic carboxylic acids is 1. The summed E-state index contributed by atoms with van der Waals surface area (Å²) in [4.78, 5) is 10.4. The van der Waals surface area contributed by atoms with Gasteiger partial charge in [0.1, 0.15) is 0 Å². The summed E-state index contributed by atoms with van der Waals surface area (Å²) in [6.07, 6.45) is 11.8. The van der Waals surface area contributed by atoms with Crippen LogP contribution in [0.15, 0.2) is 30.3 Å². The maximum atomic E-state index is 10.4. The van der Waals surface area contributed by atoms with Crippen LogP contribution in [0.4, 0.5) is 0 Å². The number of hydrogen-bond donors (Lipinski definition) is 1. The fourth-order valence-electron chi connectivity index (χ4n) is 2.07. The Morgan fingerprint density at radius 1 is 1.05 bits per heavy atom. The maximum Gasteiger partial charge on any atom is 0.328 e. The Bertz CT molecular complexity index is 396. The first-order valence-corrected chi connectivity index (χ1v) is 7.22. The lowest BCUT2D eigenvalue weighted by Gasteiger charge is -2.02. The molecule has 0 saturated carbocycles. The van der Waals surface area contributed by atoms with Gasteiger partial charge in [0.15, 0.2) is 0 Å². The summed E-state index contributed by atoms with van der Waals surface area (Å²) in [5.74, 6) is -0.906.